The summed E-state index contributed by atoms with van der Waals surface area (Å²) in [6.07, 6.45) is 3.32. The predicted octanol–water partition coefficient (Wildman–Crippen LogP) is 3.65. The molecule has 5 heteroatoms. The molecule has 0 radical (unpaired) electrons. The van der Waals surface area contributed by atoms with Gasteiger partial charge in [0, 0.05) is 18.2 Å². The van der Waals surface area contributed by atoms with Gasteiger partial charge in [-0.3, -0.25) is 9.58 Å². The van der Waals surface area contributed by atoms with Gasteiger partial charge in [0.2, 0.25) is 0 Å². The van der Waals surface area contributed by atoms with E-state index < -0.39 is 0 Å². The van der Waals surface area contributed by atoms with Crippen molar-refractivity contribution in [1.82, 2.24) is 19.7 Å². The lowest BCUT2D eigenvalue weighted by atomic mass is 10.00. The average Bonchev–Trinajstić information content (AvgIpc) is 3.19. The number of benzene rings is 2. The topological polar surface area (TPSA) is 43.2 Å². The van der Waals surface area contributed by atoms with Gasteiger partial charge in [0.1, 0.15) is 18.4 Å². The van der Waals surface area contributed by atoms with Crippen LogP contribution in [-0.2, 0) is 6.54 Å². The van der Waals surface area contributed by atoms with E-state index in [-0.39, 0.29) is 0 Å². The Kier molecular flexibility index (Phi) is 5.46. The van der Waals surface area contributed by atoms with Crippen molar-refractivity contribution >= 4 is 0 Å². The highest BCUT2D eigenvalue weighted by Crippen LogP contribution is 2.30. The third-order valence-corrected chi connectivity index (χ3v) is 4.62. The molecule has 0 aliphatic heterocycles. The van der Waals surface area contributed by atoms with Gasteiger partial charge >= 0.3 is 0 Å². The fourth-order valence-electron chi connectivity index (χ4n) is 2.88. The van der Waals surface area contributed by atoms with Crippen LogP contribution in [0, 0.1) is 0 Å². The predicted molar refractivity (Wildman–Crippen MR) is 99.5 cm³/mol. The van der Waals surface area contributed by atoms with E-state index in [1.54, 1.807) is 19.8 Å². The van der Waals surface area contributed by atoms with E-state index in [4.69, 9.17) is 4.74 Å². The summed E-state index contributed by atoms with van der Waals surface area (Å²) in [5.41, 5.74) is 3.57. The molecule has 0 N–H and O–H groups in total. The lowest BCUT2D eigenvalue weighted by Crippen LogP contribution is -2.26. The molecule has 0 amide bonds. The van der Waals surface area contributed by atoms with Crippen LogP contribution in [0.5, 0.6) is 5.75 Å². The van der Waals surface area contributed by atoms with Crippen molar-refractivity contribution in [2.75, 3.05) is 20.7 Å². The molecule has 25 heavy (non-hydrogen) atoms. The minimum Gasteiger partial charge on any atom is -0.496 e. The van der Waals surface area contributed by atoms with E-state index in [1.807, 2.05) is 22.9 Å². The van der Waals surface area contributed by atoms with Gasteiger partial charge in [-0.1, -0.05) is 42.5 Å². The molecular formula is C20H24N4O. The standard InChI is InChI=1S/C20H24N4O/c1-16(23(2)12-13-24-15-21-14-22-24)17-8-10-18(11-9-17)19-6-4-5-7-20(19)25-3/h4-11,14-16H,12-13H2,1-3H3. The van der Waals surface area contributed by atoms with Crippen molar-refractivity contribution < 1.29 is 4.74 Å². The molecule has 1 atom stereocenters. The maximum atomic E-state index is 5.46. The number of rotatable bonds is 7. The molecule has 1 aromatic heterocycles. The molecule has 0 spiro atoms. The molecule has 1 unspecified atom stereocenters. The summed E-state index contributed by atoms with van der Waals surface area (Å²) in [4.78, 5) is 6.30. The number of ether oxygens (including phenoxy) is 1. The number of nitrogens with zero attached hydrogens (tertiary/aromatic N) is 4. The highest BCUT2D eigenvalue weighted by Gasteiger charge is 2.12. The van der Waals surface area contributed by atoms with Crippen LogP contribution in [0.4, 0.5) is 0 Å². The normalized spacial score (nSPS) is 12.3. The first kappa shape index (κ1) is 17.2. The second kappa shape index (κ2) is 7.94. The quantitative estimate of drug-likeness (QED) is 0.660. The van der Waals surface area contributed by atoms with Gasteiger partial charge in [0.05, 0.1) is 13.7 Å². The Morgan fingerprint density at radius 1 is 1.12 bits per heavy atom. The summed E-state index contributed by atoms with van der Waals surface area (Å²) in [6, 6.07) is 17.1. The summed E-state index contributed by atoms with van der Waals surface area (Å²) in [5.74, 6) is 0.897. The van der Waals surface area contributed by atoms with Gasteiger partial charge in [0.25, 0.3) is 0 Å². The largest absolute Gasteiger partial charge is 0.496 e. The van der Waals surface area contributed by atoms with E-state index in [2.05, 4.69) is 59.3 Å². The van der Waals surface area contributed by atoms with Gasteiger partial charge in [-0.15, -0.1) is 0 Å². The third-order valence-electron chi connectivity index (χ3n) is 4.62. The molecule has 0 saturated carbocycles. The average molecular weight is 336 g/mol. The minimum atomic E-state index is 0.329. The summed E-state index contributed by atoms with van der Waals surface area (Å²) in [5, 5.41) is 4.15. The van der Waals surface area contributed by atoms with Gasteiger partial charge in [0.15, 0.2) is 0 Å². The highest BCUT2D eigenvalue weighted by atomic mass is 16.5. The fourth-order valence-corrected chi connectivity index (χ4v) is 2.88. The Hall–Kier alpha value is -2.66. The molecule has 5 nitrogen and oxygen atoms in total. The van der Waals surface area contributed by atoms with E-state index in [1.165, 1.54) is 11.1 Å². The molecule has 0 aliphatic rings. The molecule has 1 heterocycles. The zero-order valence-electron chi connectivity index (χ0n) is 15.0. The SMILES string of the molecule is COc1ccccc1-c1ccc(C(C)N(C)CCn2cncn2)cc1. The Morgan fingerprint density at radius 3 is 2.56 bits per heavy atom. The first-order valence-corrected chi connectivity index (χ1v) is 8.45. The zero-order valence-corrected chi connectivity index (χ0v) is 15.0. The summed E-state index contributed by atoms with van der Waals surface area (Å²) in [7, 11) is 3.84. The van der Waals surface area contributed by atoms with E-state index in [0.717, 1.165) is 24.4 Å². The lowest BCUT2D eigenvalue weighted by Gasteiger charge is -2.25. The van der Waals surface area contributed by atoms with Crippen LogP contribution >= 0.6 is 0 Å². The van der Waals surface area contributed by atoms with Crippen LogP contribution in [0.15, 0.2) is 61.2 Å². The summed E-state index contributed by atoms with van der Waals surface area (Å²) < 4.78 is 7.32. The van der Waals surface area contributed by atoms with E-state index in [9.17, 15) is 0 Å². The van der Waals surface area contributed by atoms with Gasteiger partial charge in [-0.05, 0) is 31.2 Å². The van der Waals surface area contributed by atoms with Crippen LogP contribution in [0.1, 0.15) is 18.5 Å². The lowest BCUT2D eigenvalue weighted by molar-refractivity contribution is 0.247. The Morgan fingerprint density at radius 2 is 1.88 bits per heavy atom. The first-order chi connectivity index (χ1) is 12.2. The number of methoxy groups -OCH3 is 1. The minimum absolute atomic E-state index is 0.329. The first-order valence-electron chi connectivity index (χ1n) is 8.45. The second-order valence-corrected chi connectivity index (χ2v) is 6.14. The Balaban J connectivity index is 1.68. The maximum Gasteiger partial charge on any atom is 0.137 e. The molecule has 130 valence electrons. The highest BCUT2D eigenvalue weighted by molar-refractivity contribution is 5.70. The molecule has 0 fully saturated rings. The molecule has 2 aromatic carbocycles. The number of hydrogen-bond acceptors (Lipinski definition) is 4. The zero-order chi connectivity index (χ0) is 17.6. The Labute approximate surface area is 148 Å². The van der Waals surface area contributed by atoms with Crippen LogP contribution in [0.2, 0.25) is 0 Å². The number of aromatic nitrogens is 3. The molecular weight excluding hydrogens is 312 g/mol. The number of likely N-dealkylation sites (N-methyl/N-ethyl adjacent to an activating group) is 1. The van der Waals surface area contributed by atoms with Crippen molar-refractivity contribution in [2.45, 2.75) is 19.5 Å². The fraction of sp³-hybridized carbons (Fsp3) is 0.300. The van der Waals surface area contributed by atoms with Gasteiger partial charge in [-0.2, -0.15) is 5.10 Å². The monoisotopic (exact) mass is 336 g/mol. The van der Waals surface area contributed by atoms with Crippen molar-refractivity contribution in [2.24, 2.45) is 0 Å². The smallest absolute Gasteiger partial charge is 0.137 e. The van der Waals surface area contributed by atoms with Crippen molar-refractivity contribution in [3.8, 4) is 16.9 Å². The van der Waals surface area contributed by atoms with Crippen molar-refractivity contribution in [3.63, 3.8) is 0 Å². The molecule has 3 rings (SSSR count). The summed E-state index contributed by atoms with van der Waals surface area (Å²) in [6.45, 7) is 3.97. The molecule has 0 aliphatic carbocycles. The van der Waals surface area contributed by atoms with Crippen LogP contribution in [0.25, 0.3) is 11.1 Å². The van der Waals surface area contributed by atoms with Crippen molar-refractivity contribution in [1.29, 1.82) is 0 Å². The van der Waals surface area contributed by atoms with E-state index in [0.29, 0.717) is 6.04 Å². The second-order valence-electron chi connectivity index (χ2n) is 6.14. The van der Waals surface area contributed by atoms with E-state index >= 15 is 0 Å². The van der Waals surface area contributed by atoms with Crippen LogP contribution < -0.4 is 4.74 Å². The third kappa shape index (κ3) is 4.06. The molecule has 0 saturated heterocycles. The summed E-state index contributed by atoms with van der Waals surface area (Å²) >= 11 is 0. The number of hydrogen-bond donors (Lipinski definition) is 0. The Bertz CT molecular complexity index is 784. The van der Waals surface area contributed by atoms with Gasteiger partial charge in [-0.25, -0.2) is 4.98 Å². The molecule has 3 aromatic rings. The van der Waals surface area contributed by atoms with Crippen molar-refractivity contribution in [3.05, 3.63) is 66.7 Å². The maximum absolute atomic E-state index is 5.46. The van der Waals surface area contributed by atoms with Crippen LogP contribution in [-0.4, -0.2) is 40.4 Å². The van der Waals surface area contributed by atoms with Gasteiger partial charge < -0.3 is 4.74 Å². The molecule has 0 bridgehead atoms. The number of para-hydroxylation sites is 1. The van der Waals surface area contributed by atoms with Crippen LogP contribution in [0.3, 0.4) is 0 Å².